The average molecular weight is 279 g/mol. The number of benzene rings is 1. The van der Waals surface area contributed by atoms with Gasteiger partial charge in [0.05, 0.1) is 6.61 Å². The van der Waals surface area contributed by atoms with Crippen molar-refractivity contribution < 1.29 is 4.74 Å². The fourth-order valence-electron chi connectivity index (χ4n) is 2.36. The maximum absolute atomic E-state index is 5.59. The highest BCUT2D eigenvalue weighted by Crippen LogP contribution is 2.29. The Balaban J connectivity index is 2.03. The van der Waals surface area contributed by atoms with Gasteiger partial charge in [-0.05, 0) is 42.3 Å². The molecule has 0 saturated heterocycles. The van der Waals surface area contributed by atoms with E-state index < -0.39 is 0 Å². The number of hydrogen-bond acceptors (Lipinski definition) is 3. The Labute approximate surface area is 121 Å². The van der Waals surface area contributed by atoms with Crippen LogP contribution in [0.4, 0.5) is 0 Å². The van der Waals surface area contributed by atoms with E-state index in [1.54, 1.807) is 0 Å². The van der Waals surface area contributed by atoms with Gasteiger partial charge in [-0.1, -0.05) is 26.0 Å². The van der Waals surface area contributed by atoms with Gasteiger partial charge in [0, 0.05) is 18.2 Å². The molecule has 1 N–H and O–H groups in total. The van der Waals surface area contributed by atoms with Crippen LogP contribution in [0.3, 0.4) is 0 Å². The van der Waals surface area contributed by atoms with Gasteiger partial charge in [-0.25, -0.2) is 0 Å². The quantitative estimate of drug-likeness (QED) is 0.731. The van der Waals surface area contributed by atoms with Gasteiger partial charge in [-0.15, -0.1) is 0 Å². The molecule has 0 spiro atoms. The zero-order valence-electron chi connectivity index (χ0n) is 12.1. The van der Waals surface area contributed by atoms with E-state index >= 15 is 0 Å². The Morgan fingerprint density at radius 1 is 1.32 bits per heavy atom. The zero-order chi connectivity index (χ0) is 13.5. The summed E-state index contributed by atoms with van der Waals surface area (Å²) in [6.07, 6.45) is 3.50. The van der Waals surface area contributed by atoms with Gasteiger partial charge >= 0.3 is 0 Å². The second kappa shape index (κ2) is 7.81. The van der Waals surface area contributed by atoms with Crippen LogP contribution in [-0.2, 0) is 6.42 Å². The van der Waals surface area contributed by atoms with Crippen LogP contribution >= 0.6 is 11.8 Å². The molecule has 1 aromatic rings. The first-order chi connectivity index (χ1) is 9.35. The van der Waals surface area contributed by atoms with Crippen LogP contribution in [0, 0.1) is 0 Å². The smallest absolute Gasteiger partial charge is 0.122 e. The molecule has 2 rings (SSSR count). The maximum atomic E-state index is 5.59. The molecule has 0 fully saturated rings. The van der Waals surface area contributed by atoms with Crippen molar-refractivity contribution in [2.75, 3.05) is 24.7 Å². The summed E-state index contributed by atoms with van der Waals surface area (Å²) in [6.45, 7) is 6.40. The Morgan fingerprint density at radius 2 is 2.21 bits per heavy atom. The summed E-state index contributed by atoms with van der Waals surface area (Å²) in [4.78, 5) is 0. The summed E-state index contributed by atoms with van der Waals surface area (Å²) in [5.41, 5.74) is 2.79. The van der Waals surface area contributed by atoms with Gasteiger partial charge < -0.3 is 10.1 Å². The molecule has 19 heavy (non-hydrogen) atoms. The molecule has 1 aromatic carbocycles. The van der Waals surface area contributed by atoms with E-state index in [1.807, 2.05) is 11.8 Å². The van der Waals surface area contributed by atoms with Crippen LogP contribution in [0.5, 0.6) is 5.75 Å². The molecule has 0 saturated carbocycles. The number of hydrogen-bond donors (Lipinski definition) is 1. The van der Waals surface area contributed by atoms with Gasteiger partial charge in [-0.3, -0.25) is 0 Å². The van der Waals surface area contributed by atoms with E-state index in [0.717, 1.165) is 31.1 Å². The van der Waals surface area contributed by atoms with Crippen molar-refractivity contribution in [2.45, 2.75) is 39.2 Å². The van der Waals surface area contributed by atoms with Crippen molar-refractivity contribution in [3.63, 3.8) is 0 Å². The minimum absolute atomic E-state index is 0.474. The normalized spacial score (nSPS) is 15.1. The average Bonchev–Trinajstić information content (AvgIpc) is 2.90. The molecule has 1 aliphatic rings. The summed E-state index contributed by atoms with van der Waals surface area (Å²) in [7, 11) is 0. The van der Waals surface area contributed by atoms with Gasteiger partial charge in [0.1, 0.15) is 5.75 Å². The third-order valence-electron chi connectivity index (χ3n) is 3.39. The van der Waals surface area contributed by atoms with Crippen LogP contribution in [0.25, 0.3) is 0 Å². The minimum atomic E-state index is 0.474. The SMILES string of the molecule is CCCNC(CSCCC)c1ccc2c(c1)CCO2. The molecule has 2 nitrogen and oxygen atoms in total. The van der Waals surface area contributed by atoms with Crippen LogP contribution in [-0.4, -0.2) is 24.7 Å². The van der Waals surface area contributed by atoms with Crippen molar-refractivity contribution in [1.29, 1.82) is 0 Å². The van der Waals surface area contributed by atoms with Crippen molar-refractivity contribution in [3.05, 3.63) is 29.3 Å². The van der Waals surface area contributed by atoms with Crippen molar-refractivity contribution >= 4 is 11.8 Å². The first-order valence-electron chi connectivity index (χ1n) is 7.42. The molecule has 0 aliphatic carbocycles. The van der Waals surface area contributed by atoms with E-state index in [4.69, 9.17) is 4.74 Å². The van der Waals surface area contributed by atoms with E-state index in [0.29, 0.717) is 6.04 Å². The highest BCUT2D eigenvalue weighted by molar-refractivity contribution is 7.99. The first kappa shape index (κ1) is 14.7. The molecule has 0 aromatic heterocycles. The summed E-state index contributed by atoms with van der Waals surface area (Å²) in [5, 5.41) is 3.67. The first-order valence-corrected chi connectivity index (χ1v) is 8.57. The second-order valence-electron chi connectivity index (χ2n) is 5.05. The Kier molecular flexibility index (Phi) is 6.05. The van der Waals surface area contributed by atoms with Crippen LogP contribution in [0.15, 0.2) is 18.2 Å². The Morgan fingerprint density at radius 3 is 3.00 bits per heavy atom. The highest BCUT2D eigenvalue weighted by Gasteiger charge is 2.16. The third-order valence-corrected chi connectivity index (χ3v) is 4.66. The number of nitrogens with one attached hydrogen (secondary N) is 1. The lowest BCUT2D eigenvalue weighted by atomic mass is 10.0. The third kappa shape index (κ3) is 4.15. The van der Waals surface area contributed by atoms with Gasteiger partial charge in [-0.2, -0.15) is 11.8 Å². The molecule has 0 bridgehead atoms. The van der Waals surface area contributed by atoms with E-state index in [-0.39, 0.29) is 0 Å². The number of thioether (sulfide) groups is 1. The topological polar surface area (TPSA) is 21.3 Å². The van der Waals surface area contributed by atoms with Crippen molar-refractivity contribution in [2.24, 2.45) is 0 Å². The van der Waals surface area contributed by atoms with Crippen molar-refractivity contribution in [1.82, 2.24) is 5.32 Å². The Bertz CT molecular complexity index is 394. The minimum Gasteiger partial charge on any atom is -0.493 e. The second-order valence-corrected chi connectivity index (χ2v) is 6.20. The van der Waals surface area contributed by atoms with Crippen LogP contribution in [0.1, 0.15) is 43.9 Å². The van der Waals surface area contributed by atoms with E-state index in [2.05, 4.69) is 37.4 Å². The number of rotatable bonds is 8. The lowest BCUT2D eigenvalue weighted by molar-refractivity contribution is 0.356. The van der Waals surface area contributed by atoms with E-state index in [9.17, 15) is 0 Å². The monoisotopic (exact) mass is 279 g/mol. The standard InChI is InChI=1S/C16H25NOS/c1-3-8-17-15(12-19-10-4-2)13-5-6-16-14(11-13)7-9-18-16/h5-6,11,15,17H,3-4,7-10,12H2,1-2H3. The molecule has 106 valence electrons. The highest BCUT2D eigenvalue weighted by atomic mass is 32.2. The molecule has 0 radical (unpaired) electrons. The molecule has 1 atom stereocenters. The van der Waals surface area contributed by atoms with Gasteiger partial charge in [0.15, 0.2) is 0 Å². The Hall–Kier alpha value is -0.670. The fourth-order valence-corrected chi connectivity index (χ4v) is 3.36. The summed E-state index contributed by atoms with van der Waals surface area (Å²) in [5.74, 6) is 3.49. The fraction of sp³-hybridized carbons (Fsp3) is 0.625. The summed E-state index contributed by atoms with van der Waals surface area (Å²) < 4.78 is 5.59. The molecule has 1 unspecified atom stereocenters. The maximum Gasteiger partial charge on any atom is 0.122 e. The van der Waals surface area contributed by atoms with Crippen LogP contribution < -0.4 is 10.1 Å². The molecule has 1 aliphatic heterocycles. The molecule has 0 amide bonds. The van der Waals surface area contributed by atoms with E-state index in [1.165, 1.54) is 29.7 Å². The van der Waals surface area contributed by atoms with Crippen molar-refractivity contribution in [3.8, 4) is 5.75 Å². The molecule has 1 heterocycles. The molecular weight excluding hydrogens is 254 g/mol. The molecule has 3 heteroatoms. The lowest BCUT2D eigenvalue weighted by Gasteiger charge is -2.19. The predicted octanol–water partition coefficient (Wildman–Crippen LogP) is 3.81. The van der Waals surface area contributed by atoms with Gasteiger partial charge in [0.25, 0.3) is 0 Å². The lowest BCUT2D eigenvalue weighted by Crippen LogP contribution is -2.24. The molecular formula is C16H25NOS. The summed E-state index contributed by atoms with van der Waals surface area (Å²) in [6, 6.07) is 7.18. The predicted molar refractivity (Wildman–Crippen MR) is 84.3 cm³/mol. The van der Waals surface area contributed by atoms with Gasteiger partial charge in [0.2, 0.25) is 0 Å². The summed E-state index contributed by atoms with van der Waals surface area (Å²) >= 11 is 2.05. The van der Waals surface area contributed by atoms with Crippen LogP contribution in [0.2, 0.25) is 0 Å². The largest absolute Gasteiger partial charge is 0.493 e. The number of ether oxygens (including phenoxy) is 1. The zero-order valence-corrected chi connectivity index (χ0v) is 12.9. The number of fused-ring (bicyclic) bond motifs is 1.